The van der Waals surface area contributed by atoms with Crippen LogP contribution < -0.4 is 38.1 Å². The zero-order valence-electron chi connectivity index (χ0n) is 68.3. The maximum Gasteiger partial charge on any atom is 0.234 e. The number of hydrogen-bond donors (Lipinski definition) is 7. The third-order valence-electron chi connectivity index (χ3n) is 18.1. The van der Waals surface area contributed by atoms with E-state index >= 15 is 0 Å². The van der Waals surface area contributed by atoms with Crippen LogP contribution in [0, 0.1) is 23.7 Å². The SMILES string of the molecule is CC(=O)Nc1ccc(C(C)C)cc1.CC(C)C(=O)CC(NC(=O)CN1CCN(C)CC1)C(=O)C(C)C.CC(C)C(=O)CC(NC(=O)CN1CCN(c2ccncc2)CC1)C(=O)C(C)C.CC(C)c1cc(Br)c(N)c(Br)c1.CC(C)c1cc(Br)c(O)c(Br)c1.CC(C)c1cc(Cl)c(N)c(Cl)c1.CC(C)c1ccc(N)cc1. The molecule has 2 aliphatic heterocycles. The molecule has 10 N–H and O–H groups in total. The van der Waals surface area contributed by atoms with Crippen LogP contribution in [0.15, 0.2) is 127 Å². The van der Waals surface area contributed by atoms with Crippen molar-refractivity contribution in [3.05, 3.63) is 165 Å². The number of carbonyl (C=O) groups is 7. The van der Waals surface area contributed by atoms with Gasteiger partial charge in [0.25, 0.3) is 0 Å². The number of pyridine rings is 1. The molecular weight excluding hydrogens is 1690 g/mol. The predicted molar refractivity (Wildman–Crippen MR) is 472 cm³/mol. The highest BCUT2D eigenvalue weighted by atomic mass is 79.9. The van der Waals surface area contributed by atoms with Gasteiger partial charge in [-0.1, -0.05) is 172 Å². The third-order valence-corrected chi connectivity index (χ3v) is 21.2. The molecule has 6 aromatic rings. The Kier molecular flexibility index (Phi) is 46.0. The predicted octanol–water partition coefficient (Wildman–Crippen LogP) is 18.9. The fourth-order valence-corrected chi connectivity index (χ4v) is 13.5. The molecule has 2 unspecified atom stereocenters. The van der Waals surface area contributed by atoms with Gasteiger partial charge in [-0.3, -0.25) is 48.3 Å². The molecule has 2 fully saturated rings. The Morgan fingerprint density at radius 2 is 0.791 bits per heavy atom. The molecule has 3 heterocycles. The maximum absolute atomic E-state index is 12.5. The number of aromatic hydroxyl groups is 1. The molecule has 0 spiro atoms. The normalized spacial score (nSPS) is 13.6. The number of hydrogen-bond acceptors (Lipinski definition) is 16. The van der Waals surface area contributed by atoms with E-state index in [0.29, 0.717) is 45.3 Å². The van der Waals surface area contributed by atoms with Gasteiger partial charge in [-0.15, -0.1) is 0 Å². The zero-order valence-corrected chi connectivity index (χ0v) is 76.1. The summed E-state index contributed by atoms with van der Waals surface area (Å²) in [5.74, 6) is 1.51. The summed E-state index contributed by atoms with van der Waals surface area (Å²) in [6.45, 7) is 44.5. The third kappa shape index (κ3) is 37.6. The number of nitrogens with zero attached hydrogens (tertiary/aromatic N) is 5. The number of nitrogen functional groups attached to an aromatic ring is 3. The van der Waals surface area contributed by atoms with Gasteiger partial charge < -0.3 is 48.1 Å². The Bertz CT molecular complexity index is 3630. The smallest absolute Gasteiger partial charge is 0.234 e. The van der Waals surface area contributed by atoms with E-state index in [0.717, 1.165) is 98.6 Å². The van der Waals surface area contributed by atoms with E-state index in [9.17, 15) is 38.7 Å². The van der Waals surface area contributed by atoms with Crippen LogP contribution in [-0.2, 0) is 33.6 Å². The minimum absolute atomic E-state index is 0.00361. The fourth-order valence-electron chi connectivity index (χ4n) is 10.6. The number of nitrogens with one attached hydrogen (secondary N) is 3. The van der Waals surface area contributed by atoms with Gasteiger partial charge in [-0.05, 0) is 201 Å². The standard InChI is InChI=1S/C21H32N4O3.C17H31N3O3.C11H15NO.C9H11Br2N.C9H10Br2O.C9H11Cl2N.C9H13N/c1-15(2)19(26)13-18(21(28)16(3)4)23-20(27)14-24-9-11-25(12-10-24)17-5-7-22-8-6-17;1-12(2)15(21)10-14(17(23)13(3)4)18-16(22)11-20-8-6-19(5)7-9-20;1-8(2)10-4-6-11(7-5-10)12-9(3)13;3*1-5(2)6-3-7(10)9(12)8(11)4-6;1-7(2)8-3-5-9(10)6-4-8/h5-8,15-16,18H,9-14H2,1-4H3,(H,23,27);12-14H,6-11H2,1-5H3,(H,18,22);4-8H,1-3H3,(H,12,13);3-5H,12H2,1-2H3;3-5,12H,1-2H3;3-5H,12H2,1-2H3;3-7H,10H2,1-2H3. The lowest BCUT2D eigenvalue weighted by atomic mass is 9.94. The Morgan fingerprint density at radius 3 is 1.13 bits per heavy atom. The summed E-state index contributed by atoms with van der Waals surface area (Å²) in [4.78, 5) is 97.0. The van der Waals surface area contributed by atoms with E-state index in [1.165, 1.54) is 29.2 Å². The maximum atomic E-state index is 12.5. The molecule has 0 radical (unpaired) electrons. The lowest BCUT2D eigenvalue weighted by molar-refractivity contribution is -0.133. The van der Waals surface area contributed by atoms with Crippen LogP contribution in [0.2, 0.25) is 10.0 Å². The highest BCUT2D eigenvalue weighted by molar-refractivity contribution is 9.11. The van der Waals surface area contributed by atoms with Crippen molar-refractivity contribution >= 4 is 156 Å². The van der Waals surface area contributed by atoms with Gasteiger partial charge in [0, 0.05) is 134 Å². The van der Waals surface area contributed by atoms with Gasteiger partial charge in [0.15, 0.2) is 11.6 Å². The van der Waals surface area contributed by atoms with Crippen LogP contribution in [0.1, 0.15) is 202 Å². The molecular formula is C85H123Br4Cl2N11O8. The molecule has 25 heteroatoms. The summed E-state index contributed by atoms with van der Waals surface area (Å²) in [6.07, 6.45) is 3.71. The van der Waals surface area contributed by atoms with Gasteiger partial charge in [-0.25, -0.2) is 0 Å². The topological polar surface area (TPSA) is 280 Å². The number of phenols is 1. The van der Waals surface area contributed by atoms with Gasteiger partial charge in [0.05, 0.1) is 55.5 Å². The Hall–Kier alpha value is -6.28. The summed E-state index contributed by atoms with van der Waals surface area (Å²) in [5.41, 5.74) is 27.1. The van der Waals surface area contributed by atoms with Crippen molar-refractivity contribution in [2.24, 2.45) is 23.7 Å². The summed E-state index contributed by atoms with van der Waals surface area (Å²) in [6, 6.07) is 30.2. The number of nitrogens with two attached hydrogens (primary N) is 3. The summed E-state index contributed by atoms with van der Waals surface area (Å²) < 4.78 is 3.39. The molecule has 2 aliphatic rings. The lowest BCUT2D eigenvalue weighted by Gasteiger charge is -2.35. The fraction of sp³-hybridized carbons (Fsp3) is 0.506. The van der Waals surface area contributed by atoms with Gasteiger partial charge >= 0.3 is 0 Å². The molecule has 3 amide bonds. The number of halogens is 6. The average molecular weight is 1820 g/mol. The van der Waals surface area contributed by atoms with E-state index in [4.69, 9.17) is 40.4 Å². The molecule has 8 rings (SSSR count). The van der Waals surface area contributed by atoms with Crippen molar-refractivity contribution in [3.63, 3.8) is 0 Å². The van der Waals surface area contributed by atoms with Crippen molar-refractivity contribution in [1.82, 2.24) is 30.3 Å². The quantitative estimate of drug-likeness (QED) is 0.0294. The van der Waals surface area contributed by atoms with E-state index in [2.05, 4.69) is 205 Å². The molecule has 19 nitrogen and oxygen atoms in total. The monoisotopic (exact) mass is 1810 g/mol. The van der Waals surface area contributed by atoms with Crippen molar-refractivity contribution in [1.29, 1.82) is 0 Å². The Balaban J connectivity index is 0.000000451. The number of anilines is 5. The van der Waals surface area contributed by atoms with Gasteiger partial charge in [0.1, 0.15) is 17.3 Å². The first-order chi connectivity index (χ1) is 51.3. The van der Waals surface area contributed by atoms with Crippen molar-refractivity contribution in [2.45, 2.75) is 186 Å². The Morgan fingerprint density at radius 1 is 0.455 bits per heavy atom. The molecule has 0 bridgehead atoms. The number of amides is 3. The second kappa shape index (κ2) is 50.7. The number of aromatic nitrogens is 1. The van der Waals surface area contributed by atoms with Crippen LogP contribution in [0.25, 0.3) is 0 Å². The number of Topliss-reactive ketones (excluding diaryl/α,β-unsaturated/α-hetero) is 4. The Labute approximate surface area is 700 Å². The van der Waals surface area contributed by atoms with Crippen LogP contribution in [0.5, 0.6) is 5.75 Å². The van der Waals surface area contributed by atoms with E-state index in [1.54, 1.807) is 40.1 Å². The minimum atomic E-state index is -0.736. The first-order valence-corrected chi connectivity index (χ1v) is 41.7. The second-order valence-electron chi connectivity index (χ2n) is 30.4. The molecule has 0 aliphatic carbocycles. The first kappa shape index (κ1) is 99.8. The van der Waals surface area contributed by atoms with Gasteiger partial charge in [-0.2, -0.15) is 0 Å². The van der Waals surface area contributed by atoms with Crippen molar-refractivity contribution in [2.75, 3.05) is 99.9 Å². The highest BCUT2D eigenvalue weighted by Crippen LogP contribution is 2.36. The number of piperazine rings is 2. The van der Waals surface area contributed by atoms with Crippen molar-refractivity contribution in [3.8, 4) is 5.75 Å². The van der Waals surface area contributed by atoms with Gasteiger partial charge in [0.2, 0.25) is 17.7 Å². The molecule has 0 saturated carbocycles. The summed E-state index contributed by atoms with van der Waals surface area (Å²) >= 11 is 25.1. The number of likely N-dealkylation sites (N-methyl/N-ethyl adjacent to an activating group) is 1. The molecule has 1 aromatic heterocycles. The number of rotatable bonds is 23. The molecule has 608 valence electrons. The largest absolute Gasteiger partial charge is 0.506 e. The van der Waals surface area contributed by atoms with Crippen LogP contribution >= 0.6 is 86.9 Å². The lowest BCUT2D eigenvalue weighted by Crippen LogP contribution is -2.52. The van der Waals surface area contributed by atoms with Crippen molar-refractivity contribution < 1.29 is 38.7 Å². The average Bonchev–Trinajstić information content (AvgIpc) is 0.804. The van der Waals surface area contributed by atoms with E-state index in [-0.39, 0.29) is 96.2 Å². The van der Waals surface area contributed by atoms with E-state index < -0.39 is 12.1 Å². The minimum Gasteiger partial charge on any atom is -0.506 e. The molecule has 5 aromatic carbocycles. The van der Waals surface area contributed by atoms with Crippen LogP contribution in [0.3, 0.4) is 0 Å². The van der Waals surface area contributed by atoms with E-state index in [1.807, 2.05) is 100 Å². The first-order valence-electron chi connectivity index (χ1n) is 37.7. The van der Waals surface area contributed by atoms with Crippen LogP contribution in [-0.4, -0.2) is 150 Å². The zero-order chi connectivity index (χ0) is 83.6. The number of carbonyl (C=O) groups excluding carboxylic acids is 7. The summed E-state index contributed by atoms with van der Waals surface area (Å²) in [7, 11) is 2.06. The molecule has 2 saturated heterocycles. The summed E-state index contributed by atoms with van der Waals surface area (Å²) in [5, 5.41) is 18.8. The van der Waals surface area contributed by atoms with Crippen LogP contribution in [0.4, 0.5) is 28.4 Å². The number of benzene rings is 5. The second-order valence-corrected chi connectivity index (χ2v) is 34.7. The number of ketones is 4. The number of phenolic OH excluding ortho intramolecular Hbond substituents is 1. The molecule has 110 heavy (non-hydrogen) atoms. The molecule has 2 atom stereocenters. The highest BCUT2D eigenvalue weighted by Gasteiger charge is 2.30.